The first kappa shape index (κ1) is 15.1. The summed E-state index contributed by atoms with van der Waals surface area (Å²) in [6, 6.07) is 8.76. The maximum absolute atomic E-state index is 13.0. The van der Waals surface area contributed by atoms with E-state index >= 15 is 0 Å². The van der Waals surface area contributed by atoms with Crippen molar-refractivity contribution in [1.29, 1.82) is 0 Å². The zero-order valence-electron chi connectivity index (χ0n) is 11.3. The van der Waals surface area contributed by atoms with E-state index in [4.69, 9.17) is 22.1 Å². The molecule has 2 aromatic rings. The molecule has 0 aliphatic heterocycles. The fraction of sp³-hybridized carbons (Fsp3) is 0.133. The Kier molecular flexibility index (Phi) is 4.65. The first-order valence-electron chi connectivity index (χ1n) is 6.17. The average Bonchev–Trinajstić information content (AvgIpc) is 2.45. The summed E-state index contributed by atoms with van der Waals surface area (Å²) in [4.78, 5) is 12.0. The van der Waals surface area contributed by atoms with Gasteiger partial charge < -0.3 is 15.8 Å². The van der Waals surface area contributed by atoms with Gasteiger partial charge >= 0.3 is 0 Å². The third kappa shape index (κ3) is 3.64. The number of benzene rings is 2. The fourth-order valence-electron chi connectivity index (χ4n) is 1.88. The normalized spacial score (nSPS) is 10.2. The molecule has 0 bridgehead atoms. The first-order valence-corrected chi connectivity index (χ1v) is 6.54. The highest BCUT2D eigenvalue weighted by atomic mass is 35.5. The lowest BCUT2D eigenvalue weighted by Gasteiger charge is -2.11. The van der Waals surface area contributed by atoms with E-state index in [0.717, 1.165) is 11.6 Å². The molecule has 4 nitrogen and oxygen atoms in total. The Morgan fingerprint density at radius 2 is 2.10 bits per heavy atom. The molecular formula is C15H14ClFN2O2. The van der Waals surface area contributed by atoms with E-state index in [1.807, 2.05) is 0 Å². The maximum Gasteiger partial charge on any atom is 0.253 e. The third-order valence-corrected chi connectivity index (χ3v) is 3.23. The summed E-state index contributed by atoms with van der Waals surface area (Å²) >= 11 is 5.84. The minimum Gasteiger partial charge on any atom is -0.496 e. The van der Waals surface area contributed by atoms with Crippen LogP contribution in [0, 0.1) is 5.82 Å². The predicted molar refractivity (Wildman–Crippen MR) is 80.0 cm³/mol. The molecule has 6 heteroatoms. The average molecular weight is 309 g/mol. The number of amides is 1. The molecule has 1 amide bonds. The molecule has 0 heterocycles. The van der Waals surface area contributed by atoms with Gasteiger partial charge in [-0.25, -0.2) is 4.39 Å². The quantitative estimate of drug-likeness (QED) is 0.853. The van der Waals surface area contributed by atoms with Crippen LogP contribution in [-0.2, 0) is 6.54 Å². The Bertz CT molecular complexity index is 677. The molecule has 0 saturated heterocycles. The molecule has 0 radical (unpaired) electrons. The number of nitrogens with two attached hydrogens (primary N) is 1. The standard InChI is InChI=1S/C15H14ClFN2O2/c1-21-14-5-3-11(18)6-9(14)8-19-15(20)12-4-2-10(17)7-13(12)16/h2-7H,8,18H2,1H3,(H,19,20). The van der Waals surface area contributed by atoms with Crippen LogP contribution in [0.15, 0.2) is 36.4 Å². The van der Waals surface area contributed by atoms with Crippen molar-refractivity contribution < 1.29 is 13.9 Å². The van der Waals surface area contributed by atoms with Gasteiger partial charge in [0.25, 0.3) is 5.91 Å². The number of hydrogen-bond donors (Lipinski definition) is 2. The predicted octanol–water partition coefficient (Wildman–Crippen LogP) is 3.00. The summed E-state index contributed by atoms with van der Waals surface area (Å²) in [5.74, 6) is -0.270. The second-order valence-corrected chi connectivity index (χ2v) is 4.79. The van der Waals surface area contributed by atoms with Gasteiger partial charge in [0.1, 0.15) is 11.6 Å². The van der Waals surface area contributed by atoms with Gasteiger partial charge in [-0.05, 0) is 36.4 Å². The molecule has 0 aromatic heterocycles. The van der Waals surface area contributed by atoms with Crippen LogP contribution in [0.4, 0.5) is 10.1 Å². The lowest BCUT2D eigenvalue weighted by atomic mass is 10.1. The van der Waals surface area contributed by atoms with Gasteiger partial charge in [0.2, 0.25) is 0 Å². The van der Waals surface area contributed by atoms with Crippen molar-refractivity contribution >= 4 is 23.2 Å². The van der Waals surface area contributed by atoms with Gasteiger partial charge in [0.15, 0.2) is 0 Å². The highest BCUT2D eigenvalue weighted by molar-refractivity contribution is 6.33. The van der Waals surface area contributed by atoms with Crippen LogP contribution in [0.25, 0.3) is 0 Å². The van der Waals surface area contributed by atoms with Gasteiger partial charge in [0.05, 0.1) is 17.7 Å². The lowest BCUT2D eigenvalue weighted by molar-refractivity contribution is 0.0951. The molecule has 0 fully saturated rings. The molecule has 0 atom stereocenters. The monoisotopic (exact) mass is 308 g/mol. The number of ether oxygens (including phenoxy) is 1. The van der Waals surface area contributed by atoms with Crippen molar-refractivity contribution in [3.63, 3.8) is 0 Å². The summed E-state index contributed by atoms with van der Waals surface area (Å²) in [6.07, 6.45) is 0. The molecule has 0 spiro atoms. The number of carbonyl (C=O) groups is 1. The van der Waals surface area contributed by atoms with E-state index in [9.17, 15) is 9.18 Å². The molecular weight excluding hydrogens is 295 g/mol. The summed E-state index contributed by atoms with van der Waals surface area (Å²) in [7, 11) is 1.54. The zero-order valence-corrected chi connectivity index (χ0v) is 12.1. The van der Waals surface area contributed by atoms with E-state index in [-0.39, 0.29) is 17.1 Å². The van der Waals surface area contributed by atoms with E-state index in [0.29, 0.717) is 11.4 Å². The molecule has 3 N–H and O–H groups in total. The van der Waals surface area contributed by atoms with Crippen LogP contribution in [0.1, 0.15) is 15.9 Å². The molecule has 0 saturated carbocycles. The molecule has 2 aromatic carbocycles. The van der Waals surface area contributed by atoms with E-state index in [1.54, 1.807) is 18.2 Å². The number of rotatable bonds is 4. The molecule has 21 heavy (non-hydrogen) atoms. The smallest absolute Gasteiger partial charge is 0.253 e. The number of halogens is 2. The Labute approximate surface area is 126 Å². The number of methoxy groups -OCH3 is 1. The second-order valence-electron chi connectivity index (χ2n) is 4.38. The van der Waals surface area contributed by atoms with E-state index in [2.05, 4.69) is 5.32 Å². The topological polar surface area (TPSA) is 64.3 Å². The summed E-state index contributed by atoms with van der Waals surface area (Å²) in [6.45, 7) is 0.223. The van der Waals surface area contributed by atoms with Crippen LogP contribution in [0.2, 0.25) is 5.02 Å². The van der Waals surface area contributed by atoms with E-state index < -0.39 is 11.7 Å². The van der Waals surface area contributed by atoms with Crippen LogP contribution in [0.3, 0.4) is 0 Å². The Balaban J connectivity index is 2.12. The van der Waals surface area contributed by atoms with Crippen LogP contribution in [-0.4, -0.2) is 13.0 Å². The van der Waals surface area contributed by atoms with E-state index in [1.165, 1.54) is 19.2 Å². The van der Waals surface area contributed by atoms with Crippen molar-refractivity contribution in [3.05, 3.63) is 58.4 Å². The van der Waals surface area contributed by atoms with Crippen molar-refractivity contribution in [2.24, 2.45) is 0 Å². The second kappa shape index (κ2) is 6.45. The SMILES string of the molecule is COc1ccc(N)cc1CNC(=O)c1ccc(F)cc1Cl. The maximum atomic E-state index is 13.0. The van der Waals surface area contributed by atoms with Gasteiger partial charge in [-0.1, -0.05) is 11.6 Å². The zero-order chi connectivity index (χ0) is 15.4. The van der Waals surface area contributed by atoms with Gasteiger partial charge in [0, 0.05) is 17.8 Å². The minimum absolute atomic E-state index is 0.0621. The molecule has 0 aliphatic carbocycles. The van der Waals surface area contributed by atoms with Crippen LogP contribution in [0.5, 0.6) is 5.75 Å². The first-order chi connectivity index (χ1) is 10.0. The fourth-order valence-corrected chi connectivity index (χ4v) is 2.13. The van der Waals surface area contributed by atoms with Gasteiger partial charge in [-0.2, -0.15) is 0 Å². The summed E-state index contributed by atoms with van der Waals surface area (Å²) in [5, 5.41) is 2.76. The van der Waals surface area contributed by atoms with Crippen molar-refractivity contribution in [2.45, 2.75) is 6.54 Å². The molecule has 0 aliphatic rings. The van der Waals surface area contributed by atoms with Crippen LogP contribution < -0.4 is 15.8 Å². The third-order valence-electron chi connectivity index (χ3n) is 2.92. The Hall–Kier alpha value is -2.27. The largest absolute Gasteiger partial charge is 0.496 e. The number of hydrogen-bond acceptors (Lipinski definition) is 3. The van der Waals surface area contributed by atoms with Crippen molar-refractivity contribution in [1.82, 2.24) is 5.32 Å². The Morgan fingerprint density at radius 1 is 1.33 bits per heavy atom. The summed E-state index contributed by atoms with van der Waals surface area (Å²) in [5.41, 5.74) is 7.23. The van der Waals surface area contributed by atoms with Crippen molar-refractivity contribution in [2.75, 3.05) is 12.8 Å². The van der Waals surface area contributed by atoms with Crippen LogP contribution >= 0.6 is 11.6 Å². The van der Waals surface area contributed by atoms with Gasteiger partial charge in [-0.15, -0.1) is 0 Å². The lowest BCUT2D eigenvalue weighted by Crippen LogP contribution is -2.23. The molecule has 110 valence electrons. The van der Waals surface area contributed by atoms with Gasteiger partial charge in [-0.3, -0.25) is 4.79 Å². The molecule has 0 unspecified atom stereocenters. The molecule has 2 rings (SSSR count). The summed E-state index contributed by atoms with van der Waals surface area (Å²) < 4.78 is 18.2. The number of carbonyl (C=O) groups excluding carboxylic acids is 1. The highest BCUT2D eigenvalue weighted by Gasteiger charge is 2.12. The highest BCUT2D eigenvalue weighted by Crippen LogP contribution is 2.21. The Morgan fingerprint density at radius 3 is 2.76 bits per heavy atom. The minimum atomic E-state index is -0.492. The number of nitrogen functional groups attached to an aromatic ring is 1. The number of nitrogens with one attached hydrogen (secondary N) is 1. The van der Waals surface area contributed by atoms with Crippen molar-refractivity contribution in [3.8, 4) is 5.75 Å². The number of anilines is 1.